The average Bonchev–Trinajstić information content (AvgIpc) is 2.68. The SMILES string of the molecule is CC(C)(CC(N)=O)NC(=O)c1c[nH]c2ccc(N)cc12. The summed E-state index contributed by atoms with van der Waals surface area (Å²) in [5.41, 5.74) is 12.1. The Morgan fingerprint density at radius 2 is 2.05 bits per heavy atom. The second kappa shape index (κ2) is 4.88. The maximum atomic E-state index is 12.3. The molecule has 2 aromatic rings. The van der Waals surface area contributed by atoms with E-state index in [4.69, 9.17) is 11.5 Å². The van der Waals surface area contributed by atoms with Crippen molar-refractivity contribution in [1.82, 2.24) is 10.3 Å². The van der Waals surface area contributed by atoms with Crippen molar-refractivity contribution in [3.63, 3.8) is 0 Å². The number of hydrogen-bond acceptors (Lipinski definition) is 3. The van der Waals surface area contributed by atoms with E-state index in [1.807, 2.05) is 6.07 Å². The van der Waals surface area contributed by atoms with Gasteiger partial charge in [0, 0.05) is 34.7 Å². The molecule has 0 bridgehead atoms. The van der Waals surface area contributed by atoms with E-state index in [0.717, 1.165) is 10.9 Å². The van der Waals surface area contributed by atoms with Gasteiger partial charge in [0.1, 0.15) is 0 Å². The number of fused-ring (bicyclic) bond motifs is 1. The van der Waals surface area contributed by atoms with Crippen LogP contribution in [0.4, 0.5) is 5.69 Å². The lowest BCUT2D eigenvalue weighted by Crippen LogP contribution is -2.46. The maximum absolute atomic E-state index is 12.3. The summed E-state index contributed by atoms with van der Waals surface area (Å²) >= 11 is 0. The zero-order valence-electron chi connectivity index (χ0n) is 11.5. The number of benzene rings is 1. The van der Waals surface area contributed by atoms with Gasteiger partial charge in [-0.25, -0.2) is 0 Å². The lowest BCUT2D eigenvalue weighted by molar-refractivity contribution is -0.119. The van der Waals surface area contributed by atoms with Crippen molar-refractivity contribution in [2.75, 3.05) is 5.73 Å². The van der Waals surface area contributed by atoms with E-state index in [2.05, 4.69) is 10.3 Å². The van der Waals surface area contributed by atoms with Crippen molar-refractivity contribution in [3.8, 4) is 0 Å². The van der Waals surface area contributed by atoms with Crippen LogP contribution in [0, 0.1) is 0 Å². The Bertz CT molecular complexity index is 673. The fourth-order valence-corrected chi connectivity index (χ4v) is 2.18. The van der Waals surface area contributed by atoms with Crippen molar-refractivity contribution < 1.29 is 9.59 Å². The molecule has 0 aliphatic heterocycles. The van der Waals surface area contributed by atoms with Crippen LogP contribution in [-0.2, 0) is 4.79 Å². The molecule has 0 aliphatic carbocycles. The smallest absolute Gasteiger partial charge is 0.253 e. The van der Waals surface area contributed by atoms with Gasteiger partial charge in [0.05, 0.1) is 5.56 Å². The molecular formula is C14H18N4O2. The summed E-state index contributed by atoms with van der Waals surface area (Å²) in [6, 6.07) is 5.31. The van der Waals surface area contributed by atoms with Crippen LogP contribution in [0.3, 0.4) is 0 Å². The number of amides is 2. The van der Waals surface area contributed by atoms with Gasteiger partial charge in [0.15, 0.2) is 0 Å². The Balaban J connectivity index is 2.28. The van der Waals surface area contributed by atoms with E-state index in [1.54, 1.807) is 32.2 Å². The number of carbonyl (C=O) groups excluding carboxylic acids is 2. The van der Waals surface area contributed by atoms with Gasteiger partial charge in [-0.3, -0.25) is 9.59 Å². The summed E-state index contributed by atoms with van der Waals surface area (Å²) in [4.78, 5) is 26.3. The summed E-state index contributed by atoms with van der Waals surface area (Å²) in [5.74, 6) is -0.730. The Morgan fingerprint density at radius 1 is 1.35 bits per heavy atom. The number of nitrogens with two attached hydrogens (primary N) is 2. The van der Waals surface area contributed by atoms with Crippen molar-refractivity contribution in [2.45, 2.75) is 25.8 Å². The van der Waals surface area contributed by atoms with Crippen molar-refractivity contribution in [2.24, 2.45) is 5.73 Å². The Morgan fingerprint density at radius 3 is 2.70 bits per heavy atom. The van der Waals surface area contributed by atoms with Gasteiger partial charge in [-0.2, -0.15) is 0 Å². The molecule has 2 rings (SSSR count). The van der Waals surface area contributed by atoms with E-state index in [0.29, 0.717) is 11.3 Å². The van der Waals surface area contributed by atoms with E-state index >= 15 is 0 Å². The molecule has 0 spiro atoms. The number of nitrogens with one attached hydrogen (secondary N) is 2. The van der Waals surface area contributed by atoms with E-state index in [9.17, 15) is 9.59 Å². The Hall–Kier alpha value is -2.50. The lowest BCUT2D eigenvalue weighted by atomic mass is 9.99. The first-order chi connectivity index (χ1) is 9.28. The van der Waals surface area contributed by atoms with Gasteiger partial charge in [-0.05, 0) is 32.0 Å². The fraction of sp³-hybridized carbons (Fsp3) is 0.286. The molecule has 0 atom stereocenters. The number of carbonyl (C=O) groups is 2. The van der Waals surface area contributed by atoms with Gasteiger partial charge < -0.3 is 21.8 Å². The standard InChI is InChI=1S/C14H18N4O2/c1-14(2,6-12(16)19)18-13(20)10-7-17-11-4-3-8(15)5-9(10)11/h3-5,7,17H,6,15H2,1-2H3,(H2,16,19)(H,18,20). The molecule has 2 amide bonds. The predicted octanol–water partition coefficient (Wildman–Crippen LogP) is 1.13. The molecule has 1 aromatic carbocycles. The first kappa shape index (κ1) is 13.9. The zero-order chi connectivity index (χ0) is 14.9. The second-order valence-corrected chi connectivity index (χ2v) is 5.49. The normalized spacial score (nSPS) is 11.5. The number of aromatic nitrogens is 1. The molecule has 6 N–H and O–H groups in total. The van der Waals surface area contributed by atoms with Crippen LogP contribution in [-0.4, -0.2) is 22.3 Å². The van der Waals surface area contributed by atoms with Crippen molar-refractivity contribution >= 4 is 28.4 Å². The number of nitrogen functional groups attached to an aromatic ring is 1. The predicted molar refractivity (Wildman–Crippen MR) is 78.1 cm³/mol. The second-order valence-electron chi connectivity index (χ2n) is 5.49. The number of anilines is 1. The number of rotatable bonds is 4. The van der Waals surface area contributed by atoms with Crippen molar-refractivity contribution in [3.05, 3.63) is 30.0 Å². The molecule has 0 saturated carbocycles. The van der Waals surface area contributed by atoms with Gasteiger partial charge in [-0.15, -0.1) is 0 Å². The minimum atomic E-state index is -0.702. The minimum absolute atomic E-state index is 0.0727. The molecule has 106 valence electrons. The van der Waals surface area contributed by atoms with Crippen LogP contribution in [0.15, 0.2) is 24.4 Å². The third-order valence-corrected chi connectivity index (χ3v) is 3.02. The zero-order valence-corrected chi connectivity index (χ0v) is 11.5. The minimum Gasteiger partial charge on any atom is -0.399 e. The van der Waals surface area contributed by atoms with Crippen LogP contribution in [0.2, 0.25) is 0 Å². The third kappa shape index (κ3) is 2.90. The van der Waals surface area contributed by atoms with Crippen LogP contribution < -0.4 is 16.8 Å². The molecular weight excluding hydrogens is 256 g/mol. The van der Waals surface area contributed by atoms with Gasteiger partial charge in [-0.1, -0.05) is 0 Å². The summed E-state index contributed by atoms with van der Waals surface area (Å²) < 4.78 is 0. The summed E-state index contributed by atoms with van der Waals surface area (Å²) in [5, 5.41) is 3.55. The fourth-order valence-electron chi connectivity index (χ4n) is 2.18. The summed E-state index contributed by atoms with van der Waals surface area (Å²) in [6.07, 6.45) is 1.70. The van der Waals surface area contributed by atoms with Crippen LogP contribution >= 0.6 is 0 Å². The largest absolute Gasteiger partial charge is 0.399 e. The quantitative estimate of drug-likeness (QED) is 0.626. The third-order valence-electron chi connectivity index (χ3n) is 3.02. The highest BCUT2D eigenvalue weighted by atomic mass is 16.2. The highest BCUT2D eigenvalue weighted by Gasteiger charge is 2.24. The van der Waals surface area contributed by atoms with E-state index < -0.39 is 11.4 Å². The molecule has 6 heteroatoms. The highest BCUT2D eigenvalue weighted by Crippen LogP contribution is 2.21. The van der Waals surface area contributed by atoms with Crippen LogP contribution in [0.25, 0.3) is 10.9 Å². The van der Waals surface area contributed by atoms with Crippen LogP contribution in [0.1, 0.15) is 30.6 Å². The number of primary amides is 1. The Kier molecular flexibility index (Phi) is 3.40. The molecule has 6 nitrogen and oxygen atoms in total. The molecule has 1 aromatic heterocycles. The van der Waals surface area contributed by atoms with Crippen LogP contribution in [0.5, 0.6) is 0 Å². The first-order valence-corrected chi connectivity index (χ1v) is 6.26. The monoisotopic (exact) mass is 274 g/mol. The topological polar surface area (TPSA) is 114 Å². The molecule has 0 fully saturated rings. The van der Waals surface area contributed by atoms with Crippen molar-refractivity contribution in [1.29, 1.82) is 0 Å². The molecule has 20 heavy (non-hydrogen) atoms. The number of aromatic amines is 1. The molecule has 0 aliphatic rings. The average molecular weight is 274 g/mol. The number of H-pyrrole nitrogens is 1. The van der Waals surface area contributed by atoms with E-state index in [1.165, 1.54) is 0 Å². The molecule has 0 radical (unpaired) electrons. The molecule has 0 unspecified atom stereocenters. The van der Waals surface area contributed by atoms with Gasteiger partial charge in [0.2, 0.25) is 5.91 Å². The molecule has 1 heterocycles. The Labute approximate surface area is 116 Å². The van der Waals surface area contributed by atoms with Gasteiger partial charge >= 0.3 is 0 Å². The lowest BCUT2D eigenvalue weighted by Gasteiger charge is -2.24. The first-order valence-electron chi connectivity index (χ1n) is 6.26. The maximum Gasteiger partial charge on any atom is 0.253 e. The van der Waals surface area contributed by atoms with E-state index in [-0.39, 0.29) is 12.3 Å². The number of hydrogen-bond donors (Lipinski definition) is 4. The summed E-state index contributed by atoms with van der Waals surface area (Å²) in [6.45, 7) is 3.50. The van der Waals surface area contributed by atoms with Gasteiger partial charge in [0.25, 0.3) is 5.91 Å². The highest BCUT2D eigenvalue weighted by molar-refractivity contribution is 6.07. The summed E-state index contributed by atoms with van der Waals surface area (Å²) in [7, 11) is 0. The molecule has 0 saturated heterocycles.